The number of nitrogens with one attached hydrogen (secondary N) is 1. The highest BCUT2D eigenvalue weighted by molar-refractivity contribution is 6.42. The number of carbonyl (C=O) groups excluding carboxylic acids is 1. The third-order valence-corrected chi connectivity index (χ3v) is 9.77. The molecule has 12 nitrogen and oxygen atoms in total. The Morgan fingerprint density at radius 1 is 0.868 bits per heavy atom. The van der Waals surface area contributed by atoms with Crippen LogP contribution in [0.25, 0.3) is 0 Å². The average Bonchev–Trinajstić information content (AvgIpc) is 3.56. The van der Waals surface area contributed by atoms with Crippen molar-refractivity contribution in [1.29, 1.82) is 0 Å². The lowest BCUT2D eigenvalue weighted by molar-refractivity contribution is -0.0967. The lowest BCUT2D eigenvalue weighted by Gasteiger charge is -2.37. The van der Waals surface area contributed by atoms with Crippen molar-refractivity contribution in [2.75, 3.05) is 20.8 Å². The van der Waals surface area contributed by atoms with Gasteiger partial charge in [0.15, 0.2) is 0 Å². The number of esters is 1. The van der Waals surface area contributed by atoms with Crippen LogP contribution in [0.4, 0.5) is 0 Å². The molecule has 5 aromatic rings. The molecule has 3 atom stereocenters. The van der Waals surface area contributed by atoms with Crippen molar-refractivity contribution >= 4 is 35.1 Å². The summed E-state index contributed by atoms with van der Waals surface area (Å²) in [7, 11) is 3.14. The van der Waals surface area contributed by atoms with Crippen LogP contribution in [0.3, 0.4) is 0 Å². The molecule has 1 saturated heterocycles. The van der Waals surface area contributed by atoms with Crippen molar-refractivity contribution in [3.63, 3.8) is 0 Å². The molecule has 0 radical (unpaired) electrons. The van der Waals surface area contributed by atoms with Gasteiger partial charge in [-0.1, -0.05) is 77.8 Å². The second kappa shape index (κ2) is 15.7. The molecule has 1 fully saturated rings. The van der Waals surface area contributed by atoms with E-state index in [1.54, 1.807) is 14.2 Å². The van der Waals surface area contributed by atoms with Gasteiger partial charge in [-0.25, -0.2) is 14.4 Å². The number of aromatic carboxylic acids is 1. The Bertz CT molecular complexity index is 2190. The second-order valence-electron chi connectivity index (χ2n) is 12.2. The normalized spacial score (nSPS) is 17.0. The molecule has 14 heteroatoms. The second-order valence-corrected chi connectivity index (χ2v) is 13.0. The molecule has 0 spiro atoms. The van der Waals surface area contributed by atoms with E-state index in [4.69, 9.17) is 46.9 Å². The Balaban J connectivity index is 1.44. The number of carbonyl (C=O) groups is 2. The SMILES string of the molecule is COc1ccc(C(OC[C@H]2O[C@@H](n3cc(C)c(=O)[nH]c3=O)C[C@@H]2OC(=O)c2cc(Cl)c(Cl)cc2C(=O)O)(c2ccccc2)c2ccc(OC)cc2)cc1. The minimum absolute atomic E-state index is 0.0501. The molecule has 1 aliphatic rings. The van der Waals surface area contributed by atoms with Crippen LogP contribution in [0, 0.1) is 6.92 Å². The fraction of sp³-hybridized carbons (Fsp3) is 0.231. The van der Waals surface area contributed by atoms with Crippen LogP contribution in [0.2, 0.25) is 10.0 Å². The first-order valence-corrected chi connectivity index (χ1v) is 17.1. The number of nitrogens with zero attached hydrogens (tertiary/aromatic N) is 1. The number of halogens is 2. The highest BCUT2D eigenvalue weighted by Crippen LogP contribution is 2.43. The number of benzene rings is 4. The Morgan fingerprint density at radius 2 is 1.42 bits per heavy atom. The number of ether oxygens (including phenoxy) is 5. The van der Waals surface area contributed by atoms with Gasteiger partial charge >= 0.3 is 17.6 Å². The van der Waals surface area contributed by atoms with Crippen LogP contribution in [0.15, 0.2) is 107 Å². The predicted octanol–water partition coefficient (Wildman–Crippen LogP) is 6.39. The van der Waals surface area contributed by atoms with Crippen LogP contribution < -0.4 is 20.7 Å². The molecule has 0 bridgehead atoms. The maximum atomic E-state index is 13.7. The van der Waals surface area contributed by atoms with Gasteiger partial charge in [0.2, 0.25) is 0 Å². The van der Waals surface area contributed by atoms with E-state index in [-0.39, 0.29) is 34.2 Å². The first kappa shape index (κ1) is 37.4. The lowest BCUT2D eigenvalue weighted by Crippen LogP contribution is -2.39. The van der Waals surface area contributed by atoms with E-state index in [0.29, 0.717) is 11.5 Å². The molecule has 274 valence electrons. The first-order chi connectivity index (χ1) is 25.4. The van der Waals surface area contributed by atoms with Crippen molar-refractivity contribution < 1.29 is 38.4 Å². The summed E-state index contributed by atoms with van der Waals surface area (Å²) in [6, 6.07) is 26.5. The number of carboxylic acid groups (broad SMARTS) is 1. The van der Waals surface area contributed by atoms with E-state index < -0.39 is 52.8 Å². The van der Waals surface area contributed by atoms with E-state index >= 15 is 0 Å². The smallest absolute Gasteiger partial charge is 0.339 e. The fourth-order valence-electron chi connectivity index (χ4n) is 6.32. The molecule has 53 heavy (non-hydrogen) atoms. The minimum Gasteiger partial charge on any atom is -0.497 e. The highest BCUT2D eigenvalue weighted by Gasteiger charge is 2.44. The topological polar surface area (TPSA) is 155 Å². The summed E-state index contributed by atoms with van der Waals surface area (Å²) in [6.45, 7) is 1.34. The highest BCUT2D eigenvalue weighted by atomic mass is 35.5. The number of hydrogen-bond acceptors (Lipinski definition) is 9. The average molecular weight is 762 g/mol. The van der Waals surface area contributed by atoms with Gasteiger partial charge in [0.1, 0.15) is 35.5 Å². The summed E-state index contributed by atoms with van der Waals surface area (Å²) in [5.41, 5.74) is -0.840. The van der Waals surface area contributed by atoms with E-state index in [9.17, 15) is 24.3 Å². The van der Waals surface area contributed by atoms with Crippen molar-refractivity contribution in [3.8, 4) is 11.5 Å². The van der Waals surface area contributed by atoms with Gasteiger partial charge in [0.25, 0.3) is 5.56 Å². The molecule has 0 amide bonds. The van der Waals surface area contributed by atoms with Gasteiger partial charge in [-0.3, -0.25) is 14.3 Å². The summed E-state index contributed by atoms with van der Waals surface area (Å²) >= 11 is 12.2. The van der Waals surface area contributed by atoms with E-state index in [0.717, 1.165) is 28.8 Å². The predicted molar refractivity (Wildman–Crippen MR) is 195 cm³/mol. The monoisotopic (exact) mass is 760 g/mol. The Kier molecular flexibility index (Phi) is 11.1. The van der Waals surface area contributed by atoms with Gasteiger partial charge in [-0.05, 0) is 60.0 Å². The Labute approximate surface area is 313 Å². The molecule has 1 aliphatic heterocycles. The summed E-state index contributed by atoms with van der Waals surface area (Å²) in [5, 5.41) is 9.73. The number of rotatable bonds is 12. The molecule has 1 aromatic heterocycles. The van der Waals surface area contributed by atoms with E-state index in [1.807, 2.05) is 78.9 Å². The molecule has 0 unspecified atom stereocenters. The Morgan fingerprint density at radius 3 is 1.96 bits per heavy atom. The zero-order valence-corrected chi connectivity index (χ0v) is 30.2. The quantitative estimate of drug-likeness (QED) is 0.108. The van der Waals surface area contributed by atoms with Crippen molar-refractivity contribution in [3.05, 3.63) is 161 Å². The fourth-order valence-corrected chi connectivity index (χ4v) is 6.65. The van der Waals surface area contributed by atoms with Crippen molar-refractivity contribution in [1.82, 2.24) is 9.55 Å². The van der Waals surface area contributed by atoms with Crippen LogP contribution in [0.1, 0.15) is 55.6 Å². The number of aromatic nitrogens is 2. The van der Waals surface area contributed by atoms with Gasteiger partial charge < -0.3 is 28.8 Å². The first-order valence-electron chi connectivity index (χ1n) is 16.3. The largest absolute Gasteiger partial charge is 0.497 e. The molecule has 6 rings (SSSR count). The number of methoxy groups -OCH3 is 2. The van der Waals surface area contributed by atoms with Gasteiger partial charge in [0.05, 0.1) is 42.0 Å². The number of aryl methyl sites for hydroxylation is 1. The molecule has 0 saturated carbocycles. The zero-order chi connectivity index (χ0) is 37.9. The van der Waals surface area contributed by atoms with Crippen LogP contribution in [-0.2, 0) is 19.8 Å². The summed E-state index contributed by atoms with van der Waals surface area (Å²) in [5.74, 6) is -1.17. The zero-order valence-electron chi connectivity index (χ0n) is 28.7. The van der Waals surface area contributed by atoms with Crippen molar-refractivity contribution in [2.45, 2.75) is 37.4 Å². The van der Waals surface area contributed by atoms with Gasteiger partial charge in [-0.15, -0.1) is 0 Å². The standard InChI is InChI=1S/C39H34Cl2N2O10/c1-22-20-43(38(48)42-35(22)44)34-19-32(53-37(47)29-18-31(41)30(40)17-28(29)36(45)46)33(52-34)21-51-39(23-7-5-4-6-8-23,24-9-13-26(49-2)14-10-24)25-11-15-27(50-3)16-12-25/h4-18,20,32-34H,19,21H2,1-3H3,(H,45,46)(H,42,44,48)/t32-,33+,34+/m0/s1. The third-order valence-electron chi connectivity index (χ3n) is 9.04. The minimum atomic E-state index is -1.42. The number of hydrogen-bond donors (Lipinski definition) is 2. The number of aromatic amines is 1. The summed E-state index contributed by atoms with van der Waals surface area (Å²) < 4.78 is 31.5. The number of carboxylic acids is 1. The van der Waals surface area contributed by atoms with E-state index in [1.165, 1.54) is 17.7 Å². The third kappa shape index (κ3) is 7.58. The Hall–Kier alpha value is -5.40. The lowest BCUT2D eigenvalue weighted by atomic mass is 9.80. The number of H-pyrrole nitrogens is 1. The molecular formula is C39H34Cl2N2O10. The molecule has 4 aromatic carbocycles. The maximum Gasteiger partial charge on any atom is 0.339 e. The molecule has 2 heterocycles. The molecule has 2 N–H and O–H groups in total. The van der Waals surface area contributed by atoms with Crippen LogP contribution >= 0.6 is 23.2 Å². The summed E-state index contributed by atoms with van der Waals surface area (Å²) in [6.07, 6.45) is -1.80. The van der Waals surface area contributed by atoms with Gasteiger partial charge in [-0.2, -0.15) is 0 Å². The summed E-state index contributed by atoms with van der Waals surface area (Å²) in [4.78, 5) is 53.2. The van der Waals surface area contributed by atoms with E-state index in [2.05, 4.69) is 4.98 Å². The van der Waals surface area contributed by atoms with Gasteiger partial charge in [0, 0.05) is 18.2 Å². The van der Waals surface area contributed by atoms with Crippen LogP contribution in [-0.4, -0.2) is 59.6 Å². The van der Waals surface area contributed by atoms with Crippen molar-refractivity contribution in [2.24, 2.45) is 0 Å². The molecule has 0 aliphatic carbocycles. The van der Waals surface area contributed by atoms with Crippen LogP contribution in [0.5, 0.6) is 11.5 Å². The maximum absolute atomic E-state index is 13.7. The molecular weight excluding hydrogens is 727 g/mol.